The number of anilines is 2. The number of halogens is 4. The molecule has 37 heavy (non-hydrogen) atoms. The third kappa shape index (κ3) is 4.86. The van der Waals surface area contributed by atoms with Gasteiger partial charge in [0.2, 0.25) is 0 Å². The van der Waals surface area contributed by atoms with E-state index in [0.717, 1.165) is 34.9 Å². The Kier molecular flexibility index (Phi) is 6.92. The number of methoxy groups -OCH3 is 1. The molecule has 1 unspecified atom stereocenters. The van der Waals surface area contributed by atoms with Crippen molar-refractivity contribution in [3.63, 3.8) is 0 Å². The van der Waals surface area contributed by atoms with Crippen LogP contribution in [0, 0.1) is 0 Å². The van der Waals surface area contributed by atoms with E-state index in [-0.39, 0.29) is 27.6 Å². The van der Waals surface area contributed by atoms with Crippen LogP contribution in [0.25, 0.3) is 5.76 Å². The minimum absolute atomic E-state index is 0.0638. The summed E-state index contributed by atoms with van der Waals surface area (Å²) in [6.07, 6.45) is -4.57. The van der Waals surface area contributed by atoms with Crippen molar-refractivity contribution in [3.8, 4) is 5.75 Å². The van der Waals surface area contributed by atoms with Gasteiger partial charge in [-0.1, -0.05) is 23.7 Å². The minimum Gasteiger partial charge on any atom is -0.507 e. The molecule has 3 aromatic carbocycles. The van der Waals surface area contributed by atoms with Crippen LogP contribution in [-0.4, -0.2) is 38.0 Å². The fourth-order valence-electron chi connectivity index (χ4n) is 4.19. The molecule has 192 valence electrons. The van der Waals surface area contributed by atoms with Gasteiger partial charge >= 0.3 is 6.18 Å². The van der Waals surface area contributed by atoms with Gasteiger partial charge < -0.3 is 14.7 Å². The molecule has 6 nitrogen and oxygen atoms in total. The lowest BCUT2D eigenvalue weighted by Gasteiger charge is -2.26. The Morgan fingerprint density at radius 2 is 1.62 bits per heavy atom. The zero-order chi connectivity index (χ0) is 27.1. The summed E-state index contributed by atoms with van der Waals surface area (Å²) in [5, 5.41) is 11.6. The smallest absolute Gasteiger partial charge is 0.416 e. The molecule has 1 atom stereocenters. The van der Waals surface area contributed by atoms with Crippen LogP contribution in [0.2, 0.25) is 5.02 Å². The van der Waals surface area contributed by atoms with Crippen molar-refractivity contribution < 1.29 is 32.6 Å². The average Bonchev–Trinajstić information content (AvgIpc) is 3.13. The Hall–Kier alpha value is -3.98. The van der Waals surface area contributed by atoms with E-state index in [1.54, 1.807) is 24.3 Å². The first-order chi connectivity index (χ1) is 17.4. The van der Waals surface area contributed by atoms with Crippen molar-refractivity contribution in [1.82, 2.24) is 0 Å². The summed E-state index contributed by atoms with van der Waals surface area (Å²) in [4.78, 5) is 29.5. The molecular weight excluding hydrogens is 509 g/mol. The standard InChI is InChI=1S/C27H22ClF3N2O4/c1-32(2)18-9-4-15(5-10-18)23-22(24(34)20-14-17(28)8-13-21(20)37-3)25(35)26(36)33(23)19-11-6-16(7-12-19)27(29,30)31/h4-14,23,34H,1-3H3/b24-22+. The third-order valence-electron chi connectivity index (χ3n) is 6.06. The number of hydrogen-bond donors (Lipinski definition) is 1. The normalized spacial score (nSPS) is 17.3. The Morgan fingerprint density at radius 3 is 2.16 bits per heavy atom. The van der Waals surface area contributed by atoms with Crippen LogP contribution in [0.5, 0.6) is 5.75 Å². The maximum Gasteiger partial charge on any atom is 0.416 e. The van der Waals surface area contributed by atoms with Crippen molar-refractivity contribution in [2.45, 2.75) is 12.2 Å². The highest BCUT2D eigenvalue weighted by atomic mass is 35.5. The van der Waals surface area contributed by atoms with Crippen LogP contribution >= 0.6 is 11.6 Å². The largest absolute Gasteiger partial charge is 0.507 e. The highest BCUT2D eigenvalue weighted by molar-refractivity contribution is 6.51. The number of ketones is 1. The van der Waals surface area contributed by atoms with Crippen LogP contribution in [-0.2, 0) is 15.8 Å². The van der Waals surface area contributed by atoms with Crippen LogP contribution in [0.1, 0.15) is 22.7 Å². The maximum absolute atomic E-state index is 13.3. The second-order valence-corrected chi connectivity index (χ2v) is 8.98. The van der Waals surface area contributed by atoms with Gasteiger partial charge in [0, 0.05) is 30.5 Å². The van der Waals surface area contributed by atoms with Gasteiger partial charge in [-0.15, -0.1) is 0 Å². The van der Waals surface area contributed by atoms with Crippen molar-refractivity contribution in [2.75, 3.05) is 31.0 Å². The molecule has 1 N–H and O–H groups in total. The Balaban J connectivity index is 1.94. The van der Waals surface area contributed by atoms with E-state index in [4.69, 9.17) is 16.3 Å². The number of benzene rings is 3. The number of Topliss-reactive ketones (excluding diaryl/α,β-unsaturated/α-hetero) is 1. The first-order valence-electron chi connectivity index (χ1n) is 11.0. The molecule has 1 aliphatic rings. The molecule has 0 radical (unpaired) electrons. The van der Waals surface area contributed by atoms with E-state index in [9.17, 15) is 27.9 Å². The zero-order valence-corrected chi connectivity index (χ0v) is 20.8. The van der Waals surface area contributed by atoms with Crippen molar-refractivity contribution in [1.29, 1.82) is 0 Å². The maximum atomic E-state index is 13.3. The number of ether oxygens (including phenoxy) is 1. The Labute approximate surface area is 216 Å². The molecule has 4 rings (SSSR count). The van der Waals surface area contributed by atoms with Gasteiger partial charge in [-0.3, -0.25) is 14.5 Å². The second-order valence-electron chi connectivity index (χ2n) is 8.54. The topological polar surface area (TPSA) is 70.1 Å². The average molecular weight is 531 g/mol. The molecular formula is C27H22ClF3N2O4. The van der Waals surface area contributed by atoms with Gasteiger partial charge in [0.25, 0.3) is 11.7 Å². The summed E-state index contributed by atoms with van der Waals surface area (Å²) in [6.45, 7) is 0. The monoisotopic (exact) mass is 530 g/mol. The van der Waals surface area contributed by atoms with Crippen molar-refractivity contribution >= 4 is 40.4 Å². The molecule has 0 saturated carbocycles. The van der Waals surface area contributed by atoms with Crippen LogP contribution in [0.15, 0.2) is 72.3 Å². The molecule has 1 fully saturated rings. The molecule has 1 heterocycles. The summed E-state index contributed by atoms with van der Waals surface area (Å²) in [7, 11) is 5.06. The number of carbonyl (C=O) groups is 2. The SMILES string of the molecule is COc1ccc(Cl)cc1/C(O)=C1\C(=O)C(=O)N(c2ccc(C(F)(F)F)cc2)C1c1ccc(N(C)C)cc1. The molecule has 1 saturated heterocycles. The number of hydrogen-bond acceptors (Lipinski definition) is 5. The van der Waals surface area contributed by atoms with Gasteiger partial charge in [0.15, 0.2) is 0 Å². The van der Waals surface area contributed by atoms with Gasteiger partial charge in [-0.25, -0.2) is 0 Å². The molecule has 1 amide bonds. The van der Waals surface area contributed by atoms with E-state index >= 15 is 0 Å². The van der Waals surface area contributed by atoms with E-state index in [1.165, 1.54) is 25.3 Å². The summed E-state index contributed by atoms with van der Waals surface area (Å²) in [6, 6.07) is 14.1. The number of aliphatic hydroxyl groups is 1. The number of amides is 1. The zero-order valence-electron chi connectivity index (χ0n) is 20.0. The molecule has 10 heteroatoms. The minimum atomic E-state index is -4.57. The van der Waals surface area contributed by atoms with Crippen molar-refractivity contribution in [2.24, 2.45) is 0 Å². The van der Waals surface area contributed by atoms with Gasteiger partial charge in [0.1, 0.15) is 11.5 Å². The molecule has 0 aliphatic carbocycles. The highest BCUT2D eigenvalue weighted by Crippen LogP contribution is 2.44. The molecule has 0 aromatic heterocycles. The lowest BCUT2D eigenvalue weighted by molar-refractivity contribution is -0.137. The first kappa shape index (κ1) is 26.1. The van der Waals surface area contributed by atoms with Crippen LogP contribution < -0.4 is 14.5 Å². The molecule has 3 aromatic rings. The van der Waals surface area contributed by atoms with Gasteiger partial charge in [-0.05, 0) is 60.2 Å². The van der Waals surface area contributed by atoms with E-state index in [0.29, 0.717) is 5.56 Å². The number of aliphatic hydroxyl groups excluding tert-OH is 1. The number of rotatable bonds is 5. The fourth-order valence-corrected chi connectivity index (χ4v) is 4.36. The fraction of sp³-hybridized carbons (Fsp3) is 0.185. The Bertz CT molecular complexity index is 1380. The number of carbonyl (C=O) groups excluding carboxylic acids is 2. The lowest BCUT2D eigenvalue weighted by Crippen LogP contribution is -2.29. The quantitative estimate of drug-likeness (QED) is 0.247. The lowest BCUT2D eigenvalue weighted by atomic mass is 9.94. The first-order valence-corrected chi connectivity index (χ1v) is 11.4. The summed E-state index contributed by atoms with van der Waals surface area (Å²) < 4.78 is 44.7. The third-order valence-corrected chi connectivity index (χ3v) is 6.29. The van der Waals surface area contributed by atoms with Gasteiger partial charge in [-0.2, -0.15) is 13.2 Å². The highest BCUT2D eigenvalue weighted by Gasteiger charge is 2.47. The van der Waals surface area contributed by atoms with E-state index in [2.05, 4.69) is 0 Å². The van der Waals surface area contributed by atoms with Crippen molar-refractivity contribution in [3.05, 3.63) is 94.0 Å². The van der Waals surface area contributed by atoms with Gasteiger partial charge in [0.05, 0.1) is 29.9 Å². The van der Waals surface area contributed by atoms with E-state index in [1.807, 2.05) is 19.0 Å². The molecule has 0 bridgehead atoms. The summed E-state index contributed by atoms with van der Waals surface area (Å²) in [5.41, 5.74) is 0.315. The number of alkyl halides is 3. The number of nitrogens with zero attached hydrogens (tertiary/aromatic N) is 2. The molecule has 1 aliphatic heterocycles. The summed E-state index contributed by atoms with van der Waals surface area (Å²) >= 11 is 6.12. The van der Waals surface area contributed by atoms with Crippen LogP contribution in [0.3, 0.4) is 0 Å². The summed E-state index contributed by atoms with van der Waals surface area (Å²) in [5.74, 6) is -2.30. The second kappa shape index (κ2) is 9.82. The van der Waals surface area contributed by atoms with E-state index < -0.39 is 35.2 Å². The Morgan fingerprint density at radius 1 is 1.00 bits per heavy atom. The molecule has 0 spiro atoms. The predicted molar refractivity (Wildman–Crippen MR) is 135 cm³/mol. The predicted octanol–water partition coefficient (Wildman–Crippen LogP) is 6.06. The van der Waals surface area contributed by atoms with Crippen LogP contribution in [0.4, 0.5) is 24.5 Å².